The summed E-state index contributed by atoms with van der Waals surface area (Å²) in [5.41, 5.74) is -1.37. The van der Waals surface area contributed by atoms with Crippen molar-refractivity contribution in [3.8, 4) is 5.88 Å². The molecule has 0 unspecified atom stereocenters. The van der Waals surface area contributed by atoms with Crippen molar-refractivity contribution in [2.24, 2.45) is 0 Å². The summed E-state index contributed by atoms with van der Waals surface area (Å²) in [4.78, 5) is 25.6. The first-order valence-corrected chi connectivity index (χ1v) is 6.69. The predicted octanol–water partition coefficient (Wildman–Crippen LogP) is 1.35. The van der Waals surface area contributed by atoms with Crippen molar-refractivity contribution >= 4 is 29.0 Å². The van der Waals surface area contributed by atoms with Gasteiger partial charge in [0.05, 0.1) is 4.20 Å². The van der Waals surface area contributed by atoms with Gasteiger partial charge < -0.3 is 5.11 Å². The molecule has 1 heterocycles. The minimum atomic E-state index is -0.690. The molecule has 1 aromatic heterocycles. The normalized spacial score (nSPS) is 16.7. The molecule has 2 N–H and O–H groups in total. The van der Waals surface area contributed by atoms with Crippen molar-refractivity contribution in [1.29, 1.82) is 0 Å². The Labute approximate surface area is 114 Å². The Morgan fingerprint density at radius 1 is 1.33 bits per heavy atom. The van der Waals surface area contributed by atoms with Crippen LogP contribution >= 0.6 is 24.8 Å². The number of hydrogen-bond donors (Lipinski definition) is 3. The van der Waals surface area contributed by atoms with E-state index in [1.54, 1.807) is 0 Å². The molecule has 1 fully saturated rings. The largest absolute Gasteiger partial charge is 0.494 e. The van der Waals surface area contributed by atoms with Crippen molar-refractivity contribution in [1.82, 2.24) is 9.55 Å². The molecule has 5 nitrogen and oxygen atoms in total. The number of aromatic amines is 1. The molecule has 7 heteroatoms. The number of rotatable bonds is 2. The fraction of sp³-hybridized carbons (Fsp3) is 0.545. The van der Waals surface area contributed by atoms with Gasteiger partial charge in [0.1, 0.15) is 5.56 Å². The average Bonchev–Trinajstić information content (AvgIpc) is 2.28. The molecule has 1 aliphatic carbocycles. The smallest absolute Gasteiger partial charge is 0.331 e. The van der Waals surface area contributed by atoms with Gasteiger partial charge in [-0.05, 0) is 12.8 Å². The monoisotopic (exact) mass is 286 g/mol. The highest BCUT2D eigenvalue weighted by Gasteiger charge is 2.23. The fourth-order valence-corrected chi connectivity index (χ4v) is 2.79. The van der Waals surface area contributed by atoms with E-state index in [0.717, 1.165) is 32.1 Å². The van der Waals surface area contributed by atoms with Gasteiger partial charge in [0.15, 0.2) is 0 Å². The van der Waals surface area contributed by atoms with Crippen LogP contribution < -0.4 is 11.2 Å². The number of aromatic nitrogens is 2. The zero-order valence-corrected chi connectivity index (χ0v) is 11.4. The van der Waals surface area contributed by atoms with Crippen LogP contribution in [0.2, 0.25) is 0 Å². The van der Waals surface area contributed by atoms with Crippen LogP contribution in [0, 0.1) is 0 Å². The highest BCUT2D eigenvalue weighted by Crippen LogP contribution is 2.30. The van der Waals surface area contributed by atoms with Crippen LogP contribution in [0.5, 0.6) is 5.88 Å². The summed E-state index contributed by atoms with van der Waals surface area (Å²) in [5, 5.41) is 10.1. The molecule has 1 aliphatic rings. The minimum Gasteiger partial charge on any atom is -0.494 e. The van der Waals surface area contributed by atoms with E-state index in [2.05, 4.69) is 17.6 Å². The van der Waals surface area contributed by atoms with Gasteiger partial charge in [-0.25, -0.2) is 4.79 Å². The zero-order chi connectivity index (χ0) is 13.3. The summed E-state index contributed by atoms with van der Waals surface area (Å²) < 4.78 is 1.22. The number of hydrogen-bond acceptors (Lipinski definition) is 4. The highest BCUT2D eigenvalue weighted by molar-refractivity contribution is 8.11. The van der Waals surface area contributed by atoms with E-state index in [9.17, 15) is 14.7 Å². The van der Waals surface area contributed by atoms with Gasteiger partial charge in [-0.2, -0.15) is 0 Å². The van der Waals surface area contributed by atoms with Gasteiger partial charge in [-0.3, -0.25) is 14.3 Å². The highest BCUT2D eigenvalue weighted by atomic mass is 32.1. The molecular formula is C11H14N2O3S2. The Kier molecular flexibility index (Phi) is 3.91. The molecule has 0 amide bonds. The van der Waals surface area contributed by atoms with Crippen LogP contribution in [0.1, 0.15) is 43.7 Å². The van der Waals surface area contributed by atoms with E-state index in [1.807, 2.05) is 0 Å². The zero-order valence-electron chi connectivity index (χ0n) is 9.68. The maximum Gasteiger partial charge on any atom is 0.331 e. The summed E-state index contributed by atoms with van der Waals surface area (Å²) >= 11 is 8.72. The van der Waals surface area contributed by atoms with E-state index in [4.69, 9.17) is 12.2 Å². The molecule has 1 saturated carbocycles. The Balaban J connectivity index is 2.59. The molecule has 2 rings (SSSR count). The van der Waals surface area contributed by atoms with Gasteiger partial charge in [0, 0.05) is 6.04 Å². The fourth-order valence-electron chi connectivity index (χ4n) is 2.41. The number of thiol groups is 1. The third kappa shape index (κ3) is 2.37. The van der Waals surface area contributed by atoms with Gasteiger partial charge in [0.2, 0.25) is 5.88 Å². The van der Waals surface area contributed by atoms with Crippen LogP contribution in [-0.2, 0) is 0 Å². The summed E-state index contributed by atoms with van der Waals surface area (Å²) in [6, 6.07) is -0.0791. The minimum absolute atomic E-state index is 0.0155. The van der Waals surface area contributed by atoms with Crippen LogP contribution in [0.3, 0.4) is 0 Å². The maximum absolute atomic E-state index is 11.8. The lowest BCUT2D eigenvalue weighted by atomic mass is 9.95. The Hall–Kier alpha value is -1.08. The van der Waals surface area contributed by atoms with Gasteiger partial charge in [-0.1, -0.05) is 31.5 Å². The number of nitrogens with one attached hydrogen (secondary N) is 1. The maximum atomic E-state index is 11.8. The third-order valence-electron chi connectivity index (χ3n) is 3.27. The Morgan fingerprint density at radius 2 is 1.94 bits per heavy atom. The van der Waals surface area contributed by atoms with E-state index in [-0.39, 0.29) is 21.7 Å². The first-order chi connectivity index (χ1) is 8.52. The van der Waals surface area contributed by atoms with Crippen LogP contribution in [0.4, 0.5) is 0 Å². The van der Waals surface area contributed by atoms with Gasteiger partial charge in [0.25, 0.3) is 5.56 Å². The quantitative estimate of drug-likeness (QED) is 0.567. The number of thiocarbonyl (C=S) groups is 1. The van der Waals surface area contributed by atoms with E-state index < -0.39 is 11.2 Å². The molecule has 1 aromatic rings. The lowest BCUT2D eigenvalue weighted by Crippen LogP contribution is -2.35. The molecule has 0 aliphatic heterocycles. The molecule has 0 spiro atoms. The van der Waals surface area contributed by atoms with Crippen molar-refractivity contribution in [2.45, 2.75) is 38.1 Å². The SMILES string of the molecule is O=c1[nH]c(=O)n(C2CCCCC2)c(O)c1C(=S)S. The summed E-state index contributed by atoms with van der Waals surface area (Å²) in [7, 11) is 0. The number of nitrogens with zero attached hydrogens (tertiary/aromatic N) is 1. The summed E-state index contributed by atoms with van der Waals surface area (Å²) in [6.07, 6.45) is 4.79. The molecule has 18 heavy (non-hydrogen) atoms. The van der Waals surface area contributed by atoms with E-state index >= 15 is 0 Å². The molecule has 0 aromatic carbocycles. The second-order valence-corrected chi connectivity index (χ2v) is 5.58. The van der Waals surface area contributed by atoms with Crippen molar-refractivity contribution < 1.29 is 5.11 Å². The first kappa shape index (κ1) is 13.4. The van der Waals surface area contributed by atoms with Gasteiger partial charge in [-0.15, -0.1) is 12.6 Å². The molecular weight excluding hydrogens is 272 g/mol. The van der Waals surface area contributed by atoms with E-state index in [0.29, 0.717) is 0 Å². The standard InChI is InChI=1S/C11H14N2O3S2/c14-8-7(10(17)18)9(15)13(11(16)12-8)6-4-2-1-3-5-6/h6,15H,1-5H2,(H,17,18)(H,12,14,16). The molecule has 0 atom stereocenters. The average molecular weight is 286 g/mol. The number of H-pyrrole nitrogens is 1. The van der Waals surface area contributed by atoms with Crippen molar-refractivity contribution in [3.05, 3.63) is 26.4 Å². The second kappa shape index (κ2) is 5.27. The van der Waals surface area contributed by atoms with Crippen molar-refractivity contribution in [3.63, 3.8) is 0 Å². The molecule has 0 bridgehead atoms. The van der Waals surface area contributed by atoms with Crippen LogP contribution in [-0.4, -0.2) is 18.9 Å². The lowest BCUT2D eigenvalue weighted by molar-refractivity contribution is 0.298. The van der Waals surface area contributed by atoms with Crippen LogP contribution in [0.25, 0.3) is 0 Å². The van der Waals surface area contributed by atoms with E-state index in [1.165, 1.54) is 4.57 Å². The summed E-state index contributed by atoms with van der Waals surface area (Å²) in [6.45, 7) is 0. The van der Waals surface area contributed by atoms with Crippen LogP contribution in [0.15, 0.2) is 9.59 Å². The second-order valence-electron chi connectivity index (χ2n) is 4.42. The van der Waals surface area contributed by atoms with Gasteiger partial charge >= 0.3 is 5.69 Å². The Morgan fingerprint density at radius 3 is 2.50 bits per heavy atom. The molecule has 0 saturated heterocycles. The number of aromatic hydroxyl groups is 1. The third-order valence-corrected chi connectivity index (χ3v) is 3.70. The lowest BCUT2D eigenvalue weighted by Gasteiger charge is -2.24. The predicted molar refractivity (Wildman–Crippen MR) is 75.8 cm³/mol. The summed E-state index contributed by atoms with van der Waals surface area (Å²) in [5.74, 6) is -0.365. The molecule has 0 radical (unpaired) electrons. The van der Waals surface area contributed by atoms with Crippen molar-refractivity contribution in [2.75, 3.05) is 0 Å². The first-order valence-electron chi connectivity index (χ1n) is 5.83. The molecule has 98 valence electrons. The topological polar surface area (TPSA) is 75.1 Å². The Bertz CT molecular complexity index is 585.